The molecule has 0 atom stereocenters. The van der Waals surface area contributed by atoms with E-state index in [1.807, 2.05) is 24.3 Å². The Labute approximate surface area is 151 Å². The van der Waals surface area contributed by atoms with E-state index in [0.717, 1.165) is 16.5 Å². The smallest absolute Gasteiger partial charge is 0.255 e. The highest BCUT2D eigenvalue weighted by atomic mass is 35.5. The molecule has 0 saturated carbocycles. The summed E-state index contributed by atoms with van der Waals surface area (Å²) < 4.78 is 10.5. The fraction of sp³-hybridized carbons (Fsp3) is 0.278. The third-order valence-electron chi connectivity index (χ3n) is 3.34. The summed E-state index contributed by atoms with van der Waals surface area (Å²) in [4.78, 5) is 12.3. The third kappa shape index (κ3) is 5.08. The van der Waals surface area contributed by atoms with Gasteiger partial charge >= 0.3 is 0 Å². The van der Waals surface area contributed by atoms with E-state index in [1.165, 1.54) is 12.7 Å². The minimum absolute atomic E-state index is 0.172. The highest BCUT2D eigenvalue weighted by Gasteiger charge is 2.15. The fourth-order valence-corrected chi connectivity index (χ4v) is 3.23. The maximum atomic E-state index is 12.3. The van der Waals surface area contributed by atoms with Crippen LogP contribution in [0.15, 0.2) is 42.5 Å². The Hall–Kier alpha value is -1.85. The summed E-state index contributed by atoms with van der Waals surface area (Å²) in [6.07, 6.45) is 0. The molecule has 0 aromatic heterocycles. The Morgan fingerprint density at radius 2 is 1.96 bits per heavy atom. The number of halogens is 1. The summed E-state index contributed by atoms with van der Waals surface area (Å²) in [6.45, 7) is 0.574. The molecule has 4 nitrogen and oxygen atoms in total. The van der Waals surface area contributed by atoms with Gasteiger partial charge in [0.25, 0.3) is 5.91 Å². The number of amides is 1. The van der Waals surface area contributed by atoms with Gasteiger partial charge in [-0.15, -0.1) is 0 Å². The molecule has 2 aromatic carbocycles. The summed E-state index contributed by atoms with van der Waals surface area (Å²) in [5.41, 5.74) is 1.64. The van der Waals surface area contributed by atoms with Gasteiger partial charge in [0.05, 0.1) is 19.8 Å². The van der Waals surface area contributed by atoms with Crippen molar-refractivity contribution in [2.45, 2.75) is 5.75 Å². The molecule has 0 aliphatic heterocycles. The van der Waals surface area contributed by atoms with Crippen molar-refractivity contribution in [2.75, 3.05) is 26.5 Å². The largest absolute Gasteiger partial charge is 0.493 e. The van der Waals surface area contributed by atoms with E-state index >= 15 is 0 Å². The van der Waals surface area contributed by atoms with Gasteiger partial charge in [0.1, 0.15) is 0 Å². The number of benzene rings is 2. The van der Waals surface area contributed by atoms with Gasteiger partial charge in [-0.1, -0.05) is 29.8 Å². The number of rotatable bonds is 8. The van der Waals surface area contributed by atoms with E-state index in [2.05, 4.69) is 5.32 Å². The van der Waals surface area contributed by atoms with Gasteiger partial charge in [-0.2, -0.15) is 11.8 Å². The molecule has 6 heteroatoms. The summed E-state index contributed by atoms with van der Waals surface area (Å²) in [7, 11) is 3.07. The first-order valence-corrected chi connectivity index (χ1v) is 9.00. The van der Waals surface area contributed by atoms with E-state index in [0.29, 0.717) is 23.6 Å². The van der Waals surface area contributed by atoms with Gasteiger partial charge in [0, 0.05) is 23.1 Å². The Morgan fingerprint density at radius 3 is 2.67 bits per heavy atom. The Kier molecular flexibility index (Phi) is 7.28. The second-order valence-corrected chi connectivity index (χ2v) is 6.52. The molecule has 0 aliphatic carbocycles. The van der Waals surface area contributed by atoms with Crippen LogP contribution in [0.1, 0.15) is 15.9 Å². The van der Waals surface area contributed by atoms with Crippen LogP contribution < -0.4 is 14.8 Å². The van der Waals surface area contributed by atoms with Crippen LogP contribution in [0.3, 0.4) is 0 Å². The molecule has 0 bridgehead atoms. The number of methoxy groups -OCH3 is 2. The van der Waals surface area contributed by atoms with E-state index in [-0.39, 0.29) is 5.91 Å². The number of para-hydroxylation sites is 1. The SMILES string of the molecule is COc1cccc(C(=O)NCCSCc2cccc(Cl)c2)c1OC. The van der Waals surface area contributed by atoms with E-state index in [9.17, 15) is 4.79 Å². The molecular weight excluding hydrogens is 346 g/mol. The molecule has 0 heterocycles. The Morgan fingerprint density at radius 1 is 1.17 bits per heavy atom. The van der Waals surface area contributed by atoms with Crippen LogP contribution in [0.4, 0.5) is 0 Å². The lowest BCUT2D eigenvalue weighted by atomic mass is 10.1. The molecule has 1 N–H and O–H groups in total. The molecule has 0 saturated heterocycles. The van der Waals surface area contributed by atoms with Crippen LogP contribution in [0, 0.1) is 0 Å². The van der Waals surface area contributed by atoms with Crippen LogP contribution in [-0.2, 0) is 5.75 Å². The predicted octanol–water partition coefficient (Wildman–Crippen LogP) is 4.02. The average Bonchev–Trinajstić information content (AvgIpc) is 2.60. The van der Waals surface area contributed by atoms with Crippen molar-refractivity contribution in [3.63, 3.8) is 0 Å². The van der Waals surface area contributed by atoms with Crippen molar-refractivity contribution in [1.29, 1.82) is 0 Å². The van der Waals surface area contributed by atoms with Crippen molar-refractivity contribution in [3.8, 4) is 11.5 Å². The lowest BCUT2D eigenvalue weighted by Crippen LogP contribution is -2.26. The zero-order valence-electron chi connectivity index (χ0n) is 13.7. The summed E-state index contributed by atoms with van der Waals surface area (Å²) in [6, 6.07) is 13.0. The molecule has 0 aliphatic rings. The normalized spacial score (nSPS) is 10.3. The molecule has 0 radical (unpaired) electrons. The minimum Gasteiger partial charge on any atom is -0.493 e. The van der Waals surface area contributed by atoms with E-state index in [4.69, 9.17) is 21.1 Å². The molecular formula is C18H20ClNO3S. The van der Waals surface area contributed by atoms with E-state index < -0.39 is 0 Å². The zero-order chi connectivity index (χ0) is 17.4. The number of nitrogens with one attached hydrogen (secondary N) is 1. The number of hydrogen-bond donors (Lipinski definition) is 1. The van der Waals surface area contributed by atoms with Gasteiger partial charge in [0.15, 0.2) is 11.5 Å². The van der Waals surface area contributed by atoms with Crippen molar-refractivity contribution in [2.24, 2.45) is 0 Å². The molecule has 24 heavy (non-hydrogen) atoms. The molecule has 0 unspecified atom stereocenters. The maximum Gasteiger partial charge on any atom is 0.255 e. The number of ether oxygens (including phenoxy) is 2. The van der Waals surface area contributed by atoms with Crippen molar-refractivity contribution in [3.05, 3.63) is 58.6 Å². The average molecular weight is 366 g/mol. The third-order valence-corrected chi connectivity index (χ3v) is 4.60. The number of thioether (sulfide) groups is 1. The quantitative estimate of drug-likeness (QED) is 0.718. The topological polar surface area (TPSA) is 47.6 Å². The lowest BCUT2D eigenvalue weighted by Gasteiger charge is -2.12. The van der Waals surface area contributed by atoms with Crippen LogP contribution in [0.25, 0.3) is 0 Å². The van der Waals surface area contributed by atoms with Gasteiger partial charge in [0.2, 0.25) is 0 Å². The fourth-order valence-electron chi connectivity index (χ4n) is 2.21. The van der Waals surface area contributed by atoms with E-state index in [1.54, 1.807) is 37.1 Å². The molecule has 2 aromatic rings. The highest BCUT2D eigenvalue weighted by Crippen LogP contribution is 2.30. The number of carbonyl (C=O) groups excluding carboxylic acids is 1. The molecule has 0 fully saturated rings. The Balaban J connectivity index is 1.81. The molecule has 128 valence electrons. The van der Waals surface area contributed by atoms with Crippen LogP contribution in [-0.4, -0.2) is 32.4 Å². The van der Waals surface area contributed by atoms with Gasteiger partial charge in [-0.25, -0.2) is 0 Å². The van der Waals surface area contributed by atoms with Crippen LogP contribution >= 0.6 is 23.4 Å². The van der Waals surface area contributed by atoms with Crippen LogP contribution in [0.2, 0.25) is 5.02 Å². The predicted molar refractivity (Wildman–Crippen MR) is 99.5 cm³/mol. The first kappa shape index (κ1) is 18.5. The van der Waals surface area contributed by atoms with Gasteiger partial charge in [-0.05, 0) is 29.8 Å². The van der Waals surface area contributed by atoms with Gasteiger partial charge < -0.3 is 14.8 Å². The first-order chi connectivity index (χ1) is 11.7. The lowest BCUT2D eigenvalue weighted by molar-refractivity contribution is 0.0952. The van der Waals surface area contributed by atoms with Gasteiger partial charge in [-0.3, -0.25) is 4.79 Å². The zero-order valence-corrected chi connectivity index (χ0v) is 15.2. The second kappa shape index (κ2) is 9.45. The summed E-state index contributed by atoms with van der Waals surface area (Å²) in [5.74, 6) is 2.49. The second-order valence-electron chi connectivity index (χ2n) is 4.98. The molecule has 1 amide bonds. The summed E-state index contributed by atoms with van der Waals surface area (Å²) >= 11 is 7.70. The first-order valence-electron chi connectivity index (χ1n) is 7.47. The molecule has 2 rings (SSSR count). The van der Waals surface area contributed by atoms with Crippen LogP contribution in [0.5, 0.6) is 11.5 Å². The monoisotopic (exact) mass is 365 g/mol. The van der Waals surface area contributed by atoms with Crippen molar-refractivity contribution in [1.82, 2.24) is 5.32 Å². The minimum atomic E-state index is -0.172. The summed E-state index contributed by atoms with van der Waals surface area (Å²) in [5, 5.41) is 3.64. The standard InChI is InChI=1S/C18H20ClNO3S/c1-22-16-8-4-7-15(17(16)23-2)18(21)20-9-10-24-12-13-5-3-6-14(19)11-13/h3-8,11H,9-10,12H2,1-2H3,(H,20,21). The highest BCUT2D eigenvalue weighted by molar-refractivity contribution is 7.98. The van der Waals surface area contributed by atoms with Crippen molar-refractivity contribution >= 4 is 29.3 Å². The number of carbonyl (C=O) groups is 1. The number of hydrogen-bond acceptors (Lipinski definition) is 4. The van der Waals surface area contributed by atoms with Crippen molar-refractivity contribution < 1.29 is 14.3 Å². The molecule has 0 spiro atoms. The Bertz CT molecular complexity index is 694. The maximum absolute atomic E-state index is 12.3.